The van der Waals surface area contributed by atoms with Crippen LogP contribution in [0.4, 0.5) is 0 Å². The van der Waals surface area contributed by atoms with Crippen molar-refractivity contribution < 1.29 is 4.12 Å². The Balaban J connectivity index is 2.53. The molecular weight excluding hydrogens is 276 g/mol. The molecule has 0 heterocycles. The van der Waals surface area contributed by atoms with Crippen LogP contribution in [0.15, 0.2) is 24.3 Å². The van der Waals surface area contributed by atoms with Crippen LogP contribution >= 0.6 is 11.6 Å². The molecule has 0 aliphatic heterocycles. The summed E-state index contributed by atoms with van der Waals surface area (Å²) >= 11 is 5.79. The van der Waals surface area contributed by atoms with Gasteiger partial charge in [-0.3, -0.25) is 0 Å². The number of hydrogen-bond acceptors (Lipinski definition) is 1. The summed E-state index contributed by atoms with van der Waals surface area (Å²) in [6.45, 7) is 11.5. The van der Waals surface area contributed by atoms with E-state index >= 15 is 0 Å². The minimum atomic E-state index is -1.51. The predicted octanol–water partition coefficient (Wildman–Crippen LogP) is 5.02. The Morgan fingerprint density at radius 1 is 0.944 bits per heavy atom. The Morgan fingerprint density at radius 2 is 1.44 bits per heavy atom. The molecule has 0 bridgehead atoms. The van der Waals surface area contributed by atoms with Gasteiger partial charge in [0.2, 0.25) is 0 Å². The third-order valence-electron chi connectivity index (χ3n) is 2.78. The highest BCUT2D eigenvalue weighted by Gasteiger charge is 2.29. The van der Waals surface area contributed by atoms with Crippen molar-refractivity contribution in [1.29, 1.82) is 0 Å². The van der Waals surface area contributed by atoms with Crippen LogP contribution in [0.3, 0.4) is 0 Å². The molecule has 0 saturated heterocycles. The smallest absolute Gasteiger partial charge is 0.173 e. The minimum Gasteiger partial charge on any atom is -0.456 e. The van der Waals surface area contributed by atoms with Gasteiger partial charge in [-0.15, -0.1) is 11.6 Å². The van der Waals surface area contributed by atoms with Crippen LogP contribution in [0, 0.1) is 0 Å². The fourth-order valence-electron chi connectivity index (χ4n) is 2.12. The molecule has 0 saturated carbocycles. The van der Waals surface area contributed by atoms with E-state index in [9.17, 15) is 0 Å². The monoisotopic (exact) mass is 300 g/mol. The van der Waals surface area contributed by atoms with Gasteiger partial charge >= 0.3 is 0 Å². The molecule has 1 rings (SSSR count). The van der Waals surface area contributed by atoms with Gasteiger partial charge in [-0.2, -0.15) is 0 Å². The molecule has 1 aromatic carbocycles. The van der Waals surface area contributed by atoms with Gasteiger partial charge < -0.3 is 4.12 Å². The van der Waals surface area contributed by atoms with E-state index in [-0.39, 0.29) is 0 Å². The second-order valence-electron chi connectivity index (χ2n) is 6.42. The standard InChI is InChI=1S/C14H25ClOSi2/c1-17(2,3)16-18(4,5)11-10-13-6-8-14(12-15)9-7-13/h6-9H,10-12H2,1-5H3. The Morgan fingerprint density at radius 3 is 1.89 bits per heavy atom. The van der Waals surface area contributed by atoms with Gasteiger partial charge in [-0.25, -0.2) is 0 Å². The number of aryl methyl sites for hydroxylation is 1. The molecule has 18 heavy (non-hydrogen) atoms. The van der Waals surface area contributed by atoms with Crippen LogP contribution in [-0.4, -0.2) is 16.6 Å². The number of alkyl halides is 1. The van der Waals surface area contributed by atoms with Crippen LogP contribution in [0.2, 0.25) is 38.8 Å². The first-order chi connectivity index (χ1) is 8.22. The van der Waals surface area contributed by atoms with Gasteiger partial charge in [0.05, 0.1) is 0 Å². The first-order valence-electron chi connectivity index (χ1n) is 6.56. The summed E-state index contributed by atoms with van der Waals surface area (Å²) in [4.78, 5) is 0. The highest BCUT2D eigenvalue weighted by molar-refractivity contribution is 6.84. The Labute approximate surface area is 119 Å². The Hall–Kier alpha value is -0.0962. The van der Waals surface area contributed by atoms with Crippen molar-refractivity contribution in [1.82, 2.24) is 0 Å². The summed E-state index contributed by atoms with van der Waals surface area (Å²) in [5.74, 6) is 0.596. The van der Waals surface area contributed by atoms with Crippen molar-refractivity contribution in [3.8, 4) is 0 Å². The molecule has 0 radical (unpaired) electrons. The van der Waals surface area contributed by atoms with Crippen molar-refractivity contribution in [2.24, 2.45) is 0 Å². The molecule has 1 nitrogen and oxygen atoms in total. The fourth-order valence-corrected chi connectivity index (χ4v) is 10.2. The van der Waals surface area contributed by atoms with E-state index in [2.05, 4.69) is 57.0 Å². The quantitative estimate of drug-likeness (QED) is 0.529. The van der Waals surface area contributed by atoms with E-state index in [0.717, 1.165) is 6.42 Å². The van der Waals surface area contributed by atoms with E-state index in [4.69, 9.17) is 15.7 Å². The maximum atomic E-state index is 6.35. The maximum Gasteiger partial charge on any atom is 0.173 e. The van der Waals surface area contributed by atoms with Gasteiger partial charge in [0.25, 0.3) is 0 Å². The summed E-state index contributed by atoms with van der Waals surface area (Å²) in [6.07, 6.45) is 1.12. The van der Waals surface area contributed by atoms with Gasteiger partial charge in [0.15, 0.2) is 16.6 Å². The minimum absolute atomic E-state index is 0.596. The van der Waals surface area contributed by atoms with Gasteiger partial charge in [0, 0.05) is 5.88 Å². The molecule has 0 atom stereocenters. The molecule has 0 aromatic heterocycles. The lowest BCUT2D eigenvalue weighted by Gasteiger charge is -2.31. The topological polar surface area (TPSA) is 9.23 Å². The molecular formula is C14H25ClOSi2. The molecule has 0 aliphatic carbocycles. The lowest BCUT2D eigenvalue weighted by Crippen LogP contribution is -2.42. The molecule has 4 heteroatoms. The number of rotatable bonds is 6. The van der Waals surface area contributed by atoms with Crippen molar-refractivity contribution in [3.05, 3.63) is 35.4 Å². The zero-order valence-corrected chi connectivity index (χ0v) is 15.0. The largest absolute Gasteiger partial charge is 0.456 e. The predicted molar refractivity (Wildman–Crippen MR) is 86.4 cm³/mol. The van der Waals surface area contributed by atoms with Crippen LogP contribution in [0.5, 0.6) is 0 Å². The van der Waals surface area contributed by atoms with E-state index in [1.807, 2.05) is 0 Å². The second-order valence-corrected chi connectivity index (χ2v) is 15.8. The van der Waals surface area contributed by atoms with Crippen LogP contribution in [-0.2, 0) is 16.4 Å². The highest BCUT2D eigenvalue weighted by Crippen LogP contribution is 2.20. The molecule has 1 aromatic rings. The lowest BCUT2D eigenvalue weighted by atomic mass is 10.1. The van der Waals surface area contributed by atoms with Crippen molar-refractivity contribution in [2.45, 2.75) is 51.1 Å². The third kappa shape index (κ3) is 6.18. The number of benzene rings is 1. The summed E-state index contributed by atoms with van der Waals surface area (Å²) in [5.41, 5.74) is 2.58. The summed E-state index contributed by atoms with van der Waals surface area (Å²) in [6, 6.07) is 9.82. The van der Waals surface area contributed by atoms with E-state index in [0.29, 0.717) is 5.88 Å². The number of hydrogen-bond donors (Lipinski definition) is 0. The molecule has 0 spiro atoms. The first-order valence-corrected chi connectivity index (χ1v) is 13.6. The average Bonchev–Trinajstić information content (AvgIpc) is 2.24. The van der Waals surface area contributed by atoms with Crippen LogP contribution in [0.1, 0.15) is 11.1 Å². The molecule has 0 N–H and O–H groups in total. The SMILES string of the molecule is C[Si](C)(C)O[Si](C)(C)CCc1ccc(CCl)cc1. The molecule has 0 unspecified atom stereocenters. The normalized spacial score (nSPS) is 12.8. The van der Waals surface area contributed by atoms with E-state index < -0.39 is 16.6 Å². The van der Waals surface area contributed by atoms with Crippen LogP contribution in [0.25, 0.3) is 0 Å². The van der Waals surface area contributed by atoms with Crippen LogP contribution < -0.4 is 0 Å². The van der Waals surface area contributed by atoms with Crippen molar-refractivity contribution >= 4 is 28.2 Å². The highest BCUT2D eigenvalue weighted by atomic mass is 35.5. The van der Waals surface area contributed by atoms with E-state index in [1.54, 1.807) is 0 Å². The summed E-state index contributed by atoms with van der Waals surface area (Å²) < 4.78 is 6.35. The zero-order chi connectivity index (χ0) is 13.8. The lowest BCUT2D eigenvalue weighted by molar-refractivity contribution is 0.547. The zero-order valence-electron chi connectivity index (χ0n) is 12.2. The first kappa shape index (κ1) is 16.0. The fraction of sp³-hybridized carbons (Fsp3) is 0.571. The number of halogens is 1. The molecule has 0 fully saturated rings. The molecule has 0 amide bonds. The van der Waals surface area contributed by atoms with Gasteiger partial charge in [-0.05, 0) is 56.3 Å². The summed E-state index contributed by atoms with van der Waals surface area (Å²) in [5, 5.41) is 0. The van der Waals surface area contributed by atoms with Crippen molar-refractivity contribution in [2.75, 3.05) is 0 Å². The Kier molecular flexibility index (Phi) is 5.65. The maximum absolute atomic E-state index is 6.35. The second kappa shape index (κ2) is 6.37. The molecule has 102 valence electrons. The third-order valence-corrected chi connectivity index (χ3v) is 9.20. The van der Waals surface area contributed by atoms with Crippen molar-refractivity contribution in [3.63, 3.8) is 0 Å². The average molecular weight is 301 g/mol. The van der Waals surface area contributed by atoms with Gasteiger partial charge in [-0.1, -0.05) is 24.3 Å². The van der Waals surface area contributed by atoms with Gasteiger partial charge in [0.1, 0.15) is 0 Å². The Bertz CT molecular complexity index is 368. The molecule has 0 aliphatic rings. The van der Waals surface area contributed by atoms with E-state index in [1.165, 1.54) is 17.2 Å². The summed E-state index contributed by atoms with van der Waals surface area (Å²) in [7, 11) is -2.91.